The molecule has 9 aromatic rings. The topological polar surface area (TPSA) is 16.4 Å². The summed E-state index contributed by atoms with van der Waals surface area (Å²) in [6.45, 7) is 0. The number of rotatable bonds is 5. The molecule has 0 atom stereocenters. The number of para-hydroxylation sites is 1. The SMILES string of the molecule is c1ccc(-c2ccc(N(c3cccc(-c4cccc5ccccc45)c3)c3ccc4c(ccc5c6ccccc6oc45)c3)cc2)cc1. The van der Waals surface area contributed by atoms with E-state index in [-0.39, 0.29) is 0 Å². The Labute approximate surface area is 267 Å². The zero-order valence-corrected chi connectivity index (χ0v) is 25.1. The van der Waals surface area contributed by atoms with Gasteiger partial charge in [0, 0.05) is 33.2 Å². The van der Waals surface area contributed by atoms with Crippen molar-refractivity contribution in [1.29, 1.82) is 0 Å². The van der Waals surface area contributed by atoms with Gasteiger partial charge in [-0.2, -0.15) is 0 Å². The van der Waals surface area contributed by atoms with E-state index >= 15 is 0 Å². The first-order valence-corrected chi connectivity index (χ1v) is 15.7. The summed E-state index contributed by atoms with van der Waals surface area (Å²) in [6, 6.07) is 62.8. The molecule has 0 aliphatic carbocycles. The Bertz CT molecular complexity index is 2520. The molecular formula is C44H29NO. The van der Waals surface area contributed by atoms with Gasteiger partial charge in [0.2, 0.25) is 0 Å². The van der Waals surface area contributed by atoms with Gasteiger partial charge in [-0.3, -0.25) is 0 Å². The van der Waals surface area contributed by atoms with E-state index in [1.165, 1.54) is 33.0 Å². The van der Waals surface area contributed by atoms with Crippen LogP contribution in [0, 0.1) is 0 Å². The number of hydrogen-bond acceptors (Lipinski definition) is 2. The largest absolute Gasteiger partial charge is 0.455 e. The highest BCUT2D eigenvalue weighted by molar-refractivity contribution is 6.15. The van der Waals surface area contributed by atoms with Gasteiger partial charge in [-0.25, -0.2) is 0 Å². The minimum absolute atomic E-state index is 0.916. The van der Waals surface area contributed by atoms with Crippen molar-refractivity contribution in [2.24, 2.45) is 0 Å². The fourth-order valence-electron chi connectivity index (χ4n) is 6.81. The first-order chi connectivity index (χ1) is 22.8. The molecule has 0 aliphatic heterocycles. The highest BCUT2D eigenvalue weighted by Crippen LogP contribution is 2.41. The van der Waals surface area contributed by atoms with Crippen molar-refractivity contribution in [3.05, 3.63) is 176 Å². The minimum Gasteiger partial charge on any atom is -0.455 e. The van der Waals surface area contributed by atoms with E-state index in [9.17, 15) is 0 Å². The van der Waals surface area contributed by atoms with Crippen LogP contribution in [0.4, 0.5) is 17.1 Å². The van der Waals surface area contributed by atoms with Gasteiger partial charge in [-0.1, -0.05) is 121 Å². The Hall–Kier alpha value is -6.12. The van der Waals surface area contributed by atoms with Gasteiger partial charge in [-0.15, -0.1) is 0 Å². The molecule has 0 N–H and O–H groups in total. The average Bonchev–Trinajstić information content (AvgIpc) is 3.51. The van der Waals surface area contributed by atoms with Crippen molar-refractivity contribution in [2.45, 2.75) is 0 Å². The van der Waals surface area contributed by atoms with Crippen LogP contribution in [0.15, 0.2) is 180 Å². The lowest BCUT2D eigenvalue weighted by Gasteiger charge is -2.26. The lowest BCUT2D eigenvalue weighted by molar-refractivity contribution is 0.672. The third-order valence-electron chi connectivity index (χ3n) is 9.04. The van der Waals surface area contributed by atoms with Crippen molar-refractivity contribution < 1.29 is 4.42 Å². The Balaban J connectivity index is 1.21. The van der Waals surface area contributed by atoms with E-state index < -0.39 is 0 Å². The Morgan fingerprint density at radius 2 is 1.00 bits per heavy atom. The van der Waals surface area contributed by atoms with Crippen molar-refractivity contribution >= 4 is 60.5 Å². The quantitative estimate of drug-likeness (QED) is 0.199. The van der Waals surface area contributed by atoms with E-state index in [0.29, 0.717) is 0 Å². The van der Waals surface area contributed by atoms with Crippen LogP contribution < -0.4 is 4.90 Å². The predicted molar refractivity (Wildman–Crippen MR) is 194 cm³/mol. The van der Waals surface area contributed by atoms with Crippen molar-refractivity contribution in [3.63, 3.8) is 0 Å². The number of hydrogen-bond donors (Lipinski definition) is 0. The highest BCUT2D eigenvalue weighted by Gasteiger charge is 2.17. The first-order valence-electron chi connectivity index (χ1n) is 15.7. The molecule has 0 amide bonds. The molecule has 2 heteroatoms. The Morgan fingerprint density at radius 1 is 0.348 bits per heavy atom. The number of furan rings is 1. The van der Waals surface area contributed by atoms with Gasteiger partial charge in [0.15, 0.2) is 0 Å². The highest BCUT2D eigenvalue weighted by atomic mass is 16.3. The molecule has 0 spiro atoms. The predicted octanol–water partition coefficient (Wildman–Crippen LogP) is 12.7. The van der Waals surface area contributed by atoms with Crippen molar-refractivity contribution in [3.8, 4) is 22.3 Å². The smallest absolute Gasteiger partial charge is 0.143 e. The van der Waals surface area contributed by atoms with Crippen LogP contribution in [0.25, 0.3) is 65.7 Å². The average molecular weight is 588 g/mol. The zero-order chi connectivity index (χ0) is 30.5. The molecule has 1 aromatic heterocycles. The Morgan fingerprint density at radius 3 is 1.89 bits per heavy atom. The second-order valence-corrected chi connectivity index (χ2v) is 11.8. The number of anilines is 3. The van der Waals surface area contributed by atoms with E-state index in [4.69, 9.17) is 4.42 Å². The molecule has 0 aliphatic rings. The maximum Gasteiger partial charge on any atom is 0.143 e. The van der Waals surface area contributed by atoms with E-state index in [1.54, 1.807) is 0 Å². The van der Waals surface area contributed by atoms with Gasteiger partial charge in [0.25, 0.3) is 0 Å². The summed E-state index contributed by atoms with van der Waals surface area (Å²) < 4.78 is 6.38. The van der Waals surface area contributed by atoms with Gasteiger partial charge in [0.1, 0.15) is 11.2 Å². The van der Waals surface area contributed by atoms with Crippen LogP contribution in [0.1, 0.15) is 0 Å². The van der Waals surface area contributed by atoms with Gasteiger partial charge >= 0.3 is 0 Å². The van der Waals surface area contributed by atoms with E-state index in [2.05, 4.69) is 169 Å². The lowest BCUT2D eigenvalue weighted by atomic mass is 9.97. The summed E-state index contributed by atoms with van der Waals surface area (Å²) in [7, 11) is 0. The third-order valence-corrected chi connectivity index (χ3v) is 9.04. The minimum atomic E-state index is 0.916. The Kier molecular flexibility index (Phi) is 6.17. The maximum atomic E-state index is 6.38. The van der Waals surface area contributed by atoms with Gasteiger partial charge < -0.3 is 9.32 Å². The molecule has 8 aromatic carbocycles. The molecule has 46 heavy (non-hydrogen) atoms. The summed E-state index contributed by atoms with van der Waals surface area (Å²) in [4.78, 5) is 2.35. The van der Waals surface area contributed by atoms with Crippen LogP contribution in [0.2, 0.25) is 0 Å². The van der Waals surface area contributed by atoms with Crippen LogP contribution >= 0.6 is 0 Å². The molecule has 0 bridgehead atoms. The summed E-state index contributed by atoms with van der Waals surface area (Å²) in [5, 5.41) is 7.04. The fourth-order valence-corrected chi connectivity index (χ4v) is 6.81. The van der Waals surface area contributed by atoms with Crippen molar-refractivity contribution in [1.82, 2.24) is 0 Å². The monoisotopic (exact) mass is 587 g/mol. The third kappa shape index (κ3) is 4.43. The zero-order valence-electron chi connectivity index (χ0n) is 25.1. The van der Waals surface area contributed by atoms with Gasteiger partial charge in [0.05, 0.1) is 0 Å². The summed E-state index contributed by atoms with van der Waals surface area (Å²) >= 11 is 0. The maximum absolute atomic E-state index is 6.38. The first kappa shape index (κ1) is 26.3. The van der Waals surface area contributed by atoms with E-state index in [1.807, 2.05) is 12.1 Å². The van der Waals surface area contributed by atoms with E-state index in [0.717, 1.165) is 49.8 Å². The van der Waals surface area contributed by atoms with Crippen LogP contribution in [-0.4, -0.2) is 0 Å². The lowest BCUT2D eigenvalue weighted by Crippen LogP contribution is -2.10. The molecule has 2 nitrogen and oxygen atoms in total. The van der Waals surface area contributed by atoms with Crippen LogP contribution in [0.3, 0.4) is 0 Å². The number of benzene rings is 8. The summed E-state index contributed by atoms with van der Waals surface area (Å²) in [5.74, 6) is 0. The molecule has 0 saturated heterocycles. The van der Waals surface area contributed by atoms with Crippen LogP contribution in [-0.2, 0) is 0 Å². The van der Waals surface area contributed by atoms with Crippen LogP contribution in [0.5, 0.6) is 0 Å². The molecule has 0 unspecified atom stereocenters. The molecular weight excluding hydrogens is 558 g/mol. The molecule has 0 radical (unpaired) electrons. The normalized spacial score (nSPS) is 11.5. The molecule has 0 fully saturated rings. The summed E-state index contributed by atoms with van der Waals surface area (Å²) in [6.07, 6.45) is 0. The van der Waals surface area contributed by atoms with Crippen molar-refractivity contribution in [2.75, 3.05) is 4.90 Å². The molecule has 216 valence electrons. The second-order valence-electron chi connectivity index (χ2n) is 11.8. The van der Waals surface area contributed by atoms with Gasteiger partial charge in [-0.05, 0) is 93.0 Å². The molecule has 1 heterocycles. The number of nitrogens with zero attached hydrogens (tertiary/aromatic N) is 1. The second kappa shape index (κ2) is 10.8. The molecule has 9 rings (SSSR count). The fraction of sp³-hybridized carbons (Fsp3) is 0. The standard InChI is InChI=1S/C44H29NO/c1-2-10-30(11-3-1)31-20-23-35(24-21-31)45(36-15-8-14-33(28-36)39-18-9-13-32-12-4-5-16-38(32)39)37-25-27-40-34(29-37)22-26-42-41-17-6-7-19-43(41)46-44(40)42/h1-29H. The molecule has 0 saturated carbocycles. The number of fused-ring (bicyclic) bond motifs is 6. The summed E-state index contributed by atoms with van der Waals surface area (Å²) in [5.41, 5.74) is 9.95.